The lowest BCUT2D eigenvalue weighted by Gasteiger charge is -2.19. The first kappa shape index (κ1) is 25.3. The predicted octanol–water partition coefficient (Wildman–Crippen LogP) is 3.54. The Kier molecular flexibility index (Phi) is 8.00. The lowest BCUT2D eigenvalue weighted by Crippen LogP contribution is -2.17. The Bertz CT molecular complexity index is 1200. The van der Waals surface area contributed by atoms with Crippen molar-refractivity contribution >= 4 is 15.8 Å². The van der Waals surface area contributed by atoms with Gasteiger partial charge in [0.05, 0.1) is 11.5 Å². The van der Waals surface area contributed by atoms with Gasteiger partial charge in [0.1, 0.15) is 6.61 Å². The Balaban J connectivity index is 1.93. The van der Waals surface area contributed by atoms with E-state index in [1.807, 2.05) is 27.7 Å². The highest BCUT2D eigenvalue weighted by molar-refractivity contribution is 7.92. The quantitative estimate of drug-likeness (QED) is 0.411. The first-order valence-electron chi connectivity index (χ1n) is 10.8. The van der Waals surface area contributed by atoms with Gasteiger partial charge in [-0.25, -0.2) is 23.4 Å². The summed E-state index contributed by atoms with van der Waals surface area (Å²) < 4.78 is 39.3. The predicted molar refractivity (Wildman–Crippen MR) is 127 cm³/mol. The first-order chi connectivity index (χ1) is 16.1. The van der Waals surface area contributed by atoms with Crippen molar-refractivity contribution in [3.05, 3.63) is 48.3 Å². The van der Waals surface area contributed by atoms with Crippen molar-refractivity contribution in [2.45, 2.75) is 44.4 Å². The van der Waals surface area contributed by atoms with E-state index >= 15 is 0 Å². The van der Waals surface area contributed by atoms with Crippen LogP contribution in [0, 0.1) is 0 Å². The lowest BCUT2D eigenvalue weighted by molar-refractivity contribution is 0.0979. The molecule has 2 N–H and O–H groups in total. The maximum atomic E-state index is 13.0. The van der Waals surface area contributed by atoms with Crippen LogP contribution in [0.15, 0.2) is 47.6 Å². The van der Waals surface area contributed by atoms with E-state index in [-0.39, 0.29) is 46.9 Å². The highest BCUT2D eigenvalue weighted by atomic mass is 32.2. The summed E-state index contributed by atoms with van der Waals surface area (Å²) in [6.45, 7) is 9.04. The van der Waals surface area contributed by atoms with Gasteiger partial charge in [-0.15, -0.1) is 0 Å². The Morgan fingerprint density at radius 2 is 1.65 bits per heavy atom. The Morgan fingerprint density at radius 3 is 2.26 bits per heavy atom. The summed E-state index contributed by atoms with van der Waals surface area (Å²) in [6, 6.07) is 8.14. The van der Waals surface area contributed by atoms with Crippen LogP contribution in [-0.4, -0.2) is 53.3 Å². The molecule has 0 spiro atoms. The number of hydrogen-bond donors (Lipinski definition) is 2. The molecule has 3 rings (SSSR count). The van der Waals surface area contributed by atoms with Gasteiger partial charge in [-0.3, -0.25) is 4.72 Å². The van der Waals surface area contributed by atoms with Crippen LogP contribution in [0.1, 0.15) is 39.7 Å². The third-order valence-electron chi connectivity index (χ3n) is 4.69. The lowest BCUT2D eigenvalue weighted by atomic mass is 9.87. The van der Waals surface area contributed by atoms with Gasteiger partial charge in [0.2, 0.25) is 11.6 Å². The largest absolute Gasteiger partial charge is 0.501 e. The van der Waals surface area contributed by atoms with E-state index in [1.165, 1.54) is 24.5 Å². The van der Waals surface area contributed by atoms with Gasteiger partial charge in [-0.2, -0.15) is 4.98 Å². The second-order valence-electron chi connectivity index (χ2n) is 8.46. The molecule has 0 fully saturated rings. The number of sulfonamides is 1. The van der Waals surface area contributed by atoms with Gasteiger partial charge in [-0.1, -0.05) is 39.8 Å². The number of aromatic hydroxyl groups is 1. The SMILES string of the molecule is CCCOCCOc1nc(-c2ncccn2)nc(NS(=O)(=O)c2ccc(C(C)(C)C)cc2)c1O. The summed E-state index contributed by atoms with van der Waals surface area (Å²) in [7, 11) is -4.07. The Morgan fingerprint density at radius 1 is 0.971 bits per heavy atom. The third-order valence-corrected chi connectivity index (χ3v) is 6.05. The van der Waals surface area contributed by atoms with Crippen molar-refractivity contribution in [3.8, 4) is 23.3 Å². The van der Waals surface area contributed by atoms with Crippen molar-refractivity contribution in [3.63, 3.8) is 0 Å². The zero-order valence-corrected chi connectivity index (χ0v) is 20.5. The van der Waals surface area contributed by atoms with Crippen molar-refractivity contribution < 1.29 is 23.0 Å². The minimum Gasteiger partial charge on any atom is -0.501 e. The number of benzene rings is 1. The number of nitrogens with one attached hydrogen (secondary N) is 1. The summed E-state index contributed by atoms with van der Waals surface area (Å²) in [5.41, 5.74) is 0.860. The maximum absolute atomic E-state index is 13.0. The van der Waals surface area contributed by atoms with Crippen LogP contribution in [0.3, 0.4) is 0 Å². The Labute approximate surface area is 199 Å². The van der Waals surface area contributed by atoms with Crippen LogP contribution in [-0.2, 0) is 20.2 Å². The van der Waals surface area contributed by atoms with Crippen LogP contribution >= 0.6 is 0 Å². The van der Waals surface area contributed by atoms with Crippen molar-refractivity contribution in [2.75, 3.05) is 24.5 Å². The molecule has 11 heteroatoms. The molecule has 0 unspecified atom stereocenters. The molecular weight excluding hydrogens is 458 g/mol. The number of rotatable bonds is 10. The molecule has 0 atom stereocenters. The topological polar surface area (TPSA) is 136 Å². The van der Waals surface area contributed by atoms with Gasteiger partial charge < -0.3 is 14.6 Å². The summed E-state index contributed by atoms with van der Waals surface area (Å²) in [5, 5.41) is 10.7. The number of hydrogen-bond acceptors (Lipinski definition) is 9. The van der Waals surface area contributed by atoms with Gasteiger partial charge in [0.25, 0.3) is 15.9 Å². The van der Waals surface area contributed by atoms with E-state index in [0.29, 0.717) is 6.61 Å². The molecule has 0 bridgehead atoms. The fourth-order valence-electron chi connectivity index (χ4n) is 2.88. The van der Waals surface area contributed by atoms with Crippen molar-refractivity contribution in [1.29, 1.82) is 0 Å². The van der Waals surface area contributed by atoms with Gasteiger partial charge in [0.15, 0.2) is 11.6 Å². The highest BCUT2D eigenvalue weighted by Gasteiger charge is 2.23. The smallest absolute Gasteiger partial charge is 0.263 e. The van der Waals surface area contributed by atoms with Crippen LogP contribution in [0.2, 0.25) is 0 Å². The molecule has 182 valence electrons. The molecule has 0 aliphatic carbocycles. The number of nitrogens with zero attached hydrogens (tertiary/aromatic N) is 4. The van der Waals surface area contributed by atoms with Crippen molar-refractivity contribution in [1.82, 2.24) is 19.9 Å². The highest BCUT2D eigenvalue weighted by Crippen LogP contribution is 2.34. The van der Waals surface area contributed by atoms with Gasteiger partial charge in [0, 0.05) is 19.0 Å². The molecule has 3 aromatic rings. The second-order valence-corrected chi connectivity index (χ2v) is 10.1. The van der Waals surface area contributed by atoms with Gasteiger partial charge in [-0.05, 0) is 35.6 Å². The van der Waals surface area contributed by atoms with E-state index < -0.39 is 15.8 Å². The summed E-state index contributed by atoms with van der Waals surface area (Å²) in [6.07, 6.45) is 3.85. The minimum absolute atomic E-state index is 0.0105. The normalized spacial score (nSPS) is 11.9. The number of anilines is 1. The van der Waals surface area contributed by atoms with Gasteiger partial charge >= 0.3 is 0 Å². The molecule has 34 heavy (non-hydrogen) atoms. The number of ether oxygens (including phenoxy) is 2. The van der Waals surface area contributed by atoms with Crippen molar-refractivity contribution in [2.24, 2.45) is 0 Å². The molecular formula is C23H29N5O5S. The fourth-order valence-corrected chi connectivity index (χ4v) is 3.89. The number of aromatic nitrogens is 4. The average Bonchev–Trinajstić information content (AvgIpc) is 2.81. The second kappa shape index (κ2) is 10.7. The monoisotopic (exact) mass is 487 g/mol. The molecule has 1 aromatic carbocycles. The van der Waals surface area contributed by atoms with E-state index in [2.05, 4.69) is 24.7 Å². The fraction of sp³-hybridized carbons (Fsp3) is 0.391. The van der Waals surface area contributed by atoms with Crippen LogP contribution in [0.25, 0.3) is 11.6 Å². The average molecular weight is 488 g/mol. The van der Waals surface area contributed by atoms with Crippen LogP contribution in [0.5, 0.6) is 11.6 Å². The molecule has 10 nitrogen and oxygen atoms in total. The zero-order chi connectivity index (χ0) is 24.8. The third kappa shape index (κ3) is 6.39. The maximum Gasteiger partial charge on any atom is 0.263 e. The Hall–Kier alpha value is -3.31. The van der Waals surface area contributed by atoms with E-state index in [0.717, 1.165) is 12.0 Å². The summed E-state index contributed by atoms with van der Waals surface area (Å²) >= 11 is 0. The molecule has 0 amide bonds. The molecule has 2 aromatic heterocycles. The molecule has 0 saturated heterocycles. The van der Waals surface area contributed by atoms with E-state index in [1.54, 1.807) is 18.2 Å². The standard InChI is InChI=1S/C23H29N5O5S/c1-5-13-32-14-15-33-22-18(29)19(26-21(27-22)20-24-11-6-12-25-20)28-34(30,31)17-9-7-16(8-10-17)23(2,3)4/h6-12,29H,5,13-15H2,1-4H3,(H,26,27,28). The molecule has 0 radical (unpaired) electrons. The first-order valence-corrected chi connectivity index (χ1v) is 12.3. The molecule has 0 aliphatic rings. The molecule has 0 saturated carbocycles. The minimum atomic E-state index is -4.07. The van der Waals surface area contributed by atoms with E-state index in [9.17, 15) is 13.5 Å². The summed E-state index contributed by atoms with van der Waals surface area (Å²) in [5.74, 6) is -0.974. The van der Waals surface area contributed by atoms with Crippen LogP contribution < -0.4 is 9.46 Å². The molecule has 2 heterocycles. The van der Waals surface area contributed by atoms with Crippen LogP contribution in [0.4, 0.5) is 5.82 Å². The molecule has 0 aliphatic heterocycles. The van der Waals surface area contributed by atoms with E-state index in [4.69, 9.17) is 9.47 Å². The zero-order valence-electron chi connectivity index (χ0n) is 19.6. The summed E-state index contributed by atoms with van der Waals surface area (Å²) in [4.78, 5) is 16.5.